The van der Waals surface area contributed by atoms with E-state index in [0.717, 1.165) is 6.42 Å². The molecular weight excluding hydrogens is 144 g/mol. The summed E-state index contributed by atoms with van der Waals surface area (Å²) in [6.07, 6.45) is 21.0. The zero-order chi connectivity index (χ0) is 8.49. The molecule has 0 heteroatoms. The first kappa shape index (κ1) is 9.31. The van der Waals surface area contributed by atoms with Crippen molar-refractivity contribution in [2.45, 2.75) is 38.5 Å². The molecule has 0 aromatic heterocycles. The molecule has 0 saturated carbocycles. The highest BCUT2D eigenvalue weighted by Gasteiger charge is 1.82. The van der Waals surface area contributed by atoms with Crippen LogP contribution in [0, 0.1) is 0 Å². The van der Waals surface area contributed by atoms with Crippen LogP contribution in [-0.4, -0.2) is 0 Å². The fourth-order valence-corrected chi connectivity index (χ4v) is 1.29. The Morgan fingerprint density at radius 3 is 1.75 bits per heavy atom. The maximum Gasteiger partial charge on any atom is -0.0169 e. The second kappa shape index (κ2) is 6.90. The summed E-state index contributed by atoms with van der Waals surface area (Å²) < 4.78 is 0. The van der Waals surface area contributed by atoms with E-state index in [4.69, 9.17) is 0 Å². The van der Waals surface area contributed by atoms with E-state index in [0.29, 0.717) is 0 Å². The van der Waals surface area contributed by atoms with Crippen LogP contribution >= 0.6 is 0 Å². The smallest absolute Gasteiger partial charge is 0.0169 e. The lowest BCUT2D eigenvalue weighted by atomic mass is 10.1. The molecule has 12 heavy (non-hydrogen) atoms. The van der Waals surface area contributed by atoms with Crippen molar-refractivity contribution in [1.82, 2.24) is 0 Å². The minimum atomic E-state index is 1.11. The molecule has 0 amide bonds. The quantitative estimate of drug-likeness (QED) is 0.472. The van der Waals surface area contributed by atoms with Gasteiger partial charge in [-0.15, -0.1) is 0 Å². The van der Waals surface area contributed by atoms with E-state index in [-0.39, 0.29) is 0 Å². The van der Waals surface area contributed by atoms with Gasteiger partial charge < -0.3 is 0 Å². The highest BCUT2D eigenvalue weighted by molar-refractivity contribution is 4.95. The maximum absolute atomic E-state index is 2.31. The van der Waals surface area contributed by atoms with Crippen molar-refractivity contribution in [3.8, 4) is 0 Å². The van der Waals surface area contributed by atoms with E-state index in [1.165, 1.54) is 32.1 Å². The van der Waals surface area contributed by atoms with Crippen LogP contribution in [0.15, 0.2) is 36.5 Å². The molecule has 0 fully saturated rings. The van der Waals surface area contributed by atoms with Crippen molar-refractivity contribution >= 4 is 0 Å². The van der Waals surface area contributed by atoms with Crippen molar-refractivity contribution in [2.75, 3.05) is 0 Å². The molecule has 0 spiro atoms. The molecule has 0 unspecified atom stereocenters. The average molecular weight is 162 g/mol. The molecule has 0 heterocycles. The summed E-state index contributed by atoms with van der Waals surface area (Å²) in [5.41, 5.74) is 0. The Labute approximate surface area is 75.7 Å². The summed E-state index contributed by atoms with van der Waals surface area (Å²) >= 11 is 0. The molecule has 0 atom stereocenters. The number of allylic oxidation sites excluding steroid dienone is 6. The molecule has 1 aliphatic carbocycles. The SMILES string of the molecule is C1=C\CC/C=C/CCC/C=C\C/1. The molecule has 0 N–H and O–H groups in total. The molecule has 0 bridgehead atoms. The Kier molecular flexibility index (Phi) is 5.35. The highest BCUT2D eigenvalue weighted by atomic mass is 13.9. The van der Waals surface area contributed by atoms with Gasteiger partial charge in [-0.25, -0.2) is 0 Å². The Hall–Kier alpha value is -0.780. The van der Waals surface area contributed by atoms with Crippen molar-refractivity contribution in [3.05, 3.63) is 36.5 Å². The third-order valence-corrected chi connectivity index (χ3v) is 2.01. The lowest BCUT2D eigenvalue weighted by Gasteiger charge is -1.92. The summed E-state index contributed by atoms with van der Waals surface area (Å²) in [7, 11) is 0. The van der Waals surface area contributed by atoms with E-state index >= 15 is 0 Å². The Morgan fingerprint density at radius 1 is 0.500 bits per heavy atom. The molecule has 0 nitrogen and oxygen atoms in total. The van der Waals surface area contributed by atoms with Crippen molar-refractivity contribution in [2.24, 2.45) is 0 Å². The second-order valence-electron chi connectivity index (χ2n) is 3.16. The minimum absolute atomic E-state index is 1.11. The molecule has 0 saturated heterocycles. The fourth-order valence-electron chi connectivity index (χ4n) is 1.29. The largest absolute Gasteiger partial charge is 0.0885 e. The Bertz CT molecular complexity index is 172. The normalized spacial score (nSPS) is 28.0. The third kappa shape index (κ3) is 4.95. The first-order valence-corrected chi connectivity index (χ1v) is 4.95. The van der Waals surface area contributed by atoms with E-state index in [1.807, 2.05) is 0 Å². The summed E-state index contributed by atoms with van der Waals surface area (Å²) in [6, 6.07) is 0. The summed E-state index contributed by atoms with van der Waals surface area (Å²) in [5.74, 6) is 0. The predicted molar refractivity (Wildman–Crippen MR) is 55.1 cm³/mol. The first-order valence-electron chi connectivity index (χ1n) is 4.95. The van der Waals surface area contributed by atoms with Gasteiger partial charge in [0.2, 0.25) is 0 Å². The van der Waals surface area contributed by atoms with E-state index < -0.39 is 0 Å². The van der Waals surface area contributed by atoms with Crippen LogP contribution in [0.25, 0.3) is 0 Å². The number of rotatable bonds is 0. The van der Waals surface area contributed by atoms with Gasteiger partial charge in [0.1, 0.15) is 0 Å². The van der Waals surface area contributed by atoms with Gasteiger partial charge in [0, 0.05) is 0 Å². The van der Waals surface area contributed by atoms with Crippen LogP contribution in [0.2, 0.25) is 0 Å². The molecule has 0 radical (unpaired) electrons. The van der Waals surface area contributed by atoms with Gasteiger partial charge in [-0.05, 0) is 38.5 Å². The molecule has 1 aliphatic rings. The van der Waals surface area contributed by atoms with E-state index in [2.05, 4.69) is 36.5 Å². The fraction of sp³-hybridized carbons (Fsp3) is 0.500. The molecule has 0 aromatic rings. The number of hydrogen-bond acceptors (Lipinski definition) is 0. The van der Waals surface area contributed by atoms with Gasteiger partial charge in [-0.1, -0.05) is 36.5 Å². The van der Waals surface area contributed by atoms with Gasteiger partial charge in [0.05, 0.1) is 0 Å². The zero-order valence-corrected chi connectivity index (χ0v) is 7.71. The molecule has 66 valence electrons. The van der Waals surface area contributed by atoms with Crippen LogP contribution in [0.4, 0.5) is 0 Å². The van der Waals surface area contributed by atoms with Crippen LogP contribution in [0.1, 0.15) is 38.5 Å². The van der Waals surface area contributed by atoms with Crippen LogP contribution in [0.3, 0.4) is 0 Å². The van der Waals surface area contributed by atoms with Crippen molar-refractivity contribution < 1.29 is 0 Å². The second-order valence-corrected chi connectivity index (χ2v) is 3.16. The van der Waals surface area contributed by atoms with Gasteiger partial charge in [0.25, 0.3) is 0 Å². The van der Waals surface area contributed by atoms with Crippen LogP contribution in [-0.2, 0) is 0 Å². The zero-order valence-electron chi connectivity index (χ0n) is 7.71. The summed E-state index contributed by atoms with van der Waals surface area (Å²) in [5, 5.41) is 0. The highest BCUT2D eigenvalue weighted by Crippen LogP contribution is 2.03. The summed E-state index contributed by atoms with van der Waals surface area (Å²) in [6.45, 7) is 0. The molecule has 0 aliphatic heterocycles. The van der Waals surface area contributed by atoms with Crippen LogP contribution < -0.4 is 0 Å². The monoisotopic (exact) mass is 162 g/mol. The average Bonchev–Trinajstić information content (AvgIpc) is 2.05. The molecule has 0 aromatic carbocycles. The molecule has 1 rings (SSSR count). The Morgan fingerprint density at radius 2 is 1.00 bits per heavy atom. The van der Waals surface area contributed by atoms with Gasteiger partial charge in [-0.3, -0.25) is 0 Å². The van der Waals surface area contributed by atoms with Crippen molar-refractivity contribution in [1.29, 1.82) is 0 Å². The van der Waals surface area contributed by atoms with Gasteiger partial charge in [-0.2, -0.15) is 0 Å². The summed E-state index contributed by atoms with van der Waals surface area (Å²) in [4.78, 5) is 0. The maximum atomic E-state index is 2.31. The first-order chi connectivity index (χ1) is 6.00. The van der Waals surface area contributed by atoms with Crippen LogP contribution in [0.5, 0.6) is 0 Å². The Balaban J connectivity index is 2.30. The lowest BCUT2D eigenvalue weighted by molar-refractivity contribution is 0.859. The minimum Gasteiger partial charge on any atom is -0.0885 e. The number of hydrogen-bond donors (Lipinski definition) is 0. The van der Waals surface area contributed by atoms with E-state index in [1.54, 1.807) is 0 Å². The molecular formula is C12H18. The predicted octanol–water partition coefficient (Wildman–Crippen LogP) is 4.01. The lowest BCUT2D eigenvalue weighted by Crippen LogP contribution is -1.72. The standard InChI is InChI=1S/C12H18/c1-2-4-6-8-10-12-11-9-7-5-3-1/h1-2,5,7-8,10H,3-4,6,9,11-12H2/b2-1-,7-5-,10-8+. The van der Waals surface area contributed by atoms with E-state index in [9.17, 15) is 0 Å². The van der Waals surface area contributed by atoms with Gasteiger partial charge >= 0.3 is 0 Å². The topological polar surface area (TPSA) is 0 Å². The van der Waals surface area contributed by atoms with Gasteiger partial charge in [0.15, 0.2) is 0 Å². The van der Waals surface area contributed by atoms with Crippen molar-refractivity contribution in [3.63, 3.8) is 0 Å². The third-order valence-electron chi connectivity index (χ3n) is 2.01.